The van der Waals surface area contributed by atoms with Crippen LogP contribution in [0.1, 0.15) is 27.6 Å². The van der Waals surface area contributed by atoms with E-state index in [1.165, 1.54) is 6.92 Å². The molecular weight excluding hydrogens is 509 g/mol. The second-order valence-electron chi connectivity index (χ2n) is 5.69. The molecule has 0 unspecified atom stereocenters. The Labute approximate surface area is 191 Å². The van der Waals surface area contributed by atoms with E-state index in [0.717, 1.165) is 4.47 Å². The monoisotopic (exact) mass is 521 g/mol. The second kappa shape index (κ2) is 9.89. The van der Waals surface area contributed by atoms with Crippen molar-refractivity contribution in [2.75, 3.05) is 5.32 Å². The number of carbonyl (C=O) groups is 2. The first-order valence-corrected chi connectivity index (χ1v) is 10.2. The van der Waals surface area contributed by atoms with Gasteiger partial charge in [-0.2, -0.15) is 0 Å². The third kappa shape index (κ3) is 6.90. The fraction of sp³-hybridized carbons (Fsp3) is 0.167. The summed E-state index contributed by atoms with van der Waals surface area (Å²) in [6, 6.07) is 13.4. The number of hydrogen-bond acceptors (Lipinski definition) is 3. The van der Waals surface area contributed by atoms with Crippen molar-refractivity contribution in [3.8, 4) is 0 Å². The molecule has 0 saturated carbocycles. The number of rotatable bonds is 5. The predicted molar refractivity (Wildman–Crippen MR) is 121 cm³/mol. The number of hydrogen-bond donors (Lipinski definition) is 3. The summed E-state index contributed by atoms with van der Waals surface area (Å²) >= 11 is 26.5. The molecular formula is C18H15BrCl3N3O2S. The van der Waals surface area contributed by atoms with Crippen molar-refractivity contribution < 1.29 is 9.59 Å². The standard InChI is InChI=1S/C18H15BrCl3N3O2S/c1-10(26)11-4-8-14(9-5-11)23-17(28)25-16(18(20,21)22)24-15(27)12-2-6-13(19)7-3-12/h2-9,16H,1H3,(H,24,27)(H2,23,25,28)/t16-/m0/s1. The Kier molecular flexibility index (Phi) is 8.09. The van der Waals surface area contributed by atoms with Crippen molar-refractivity contribution >= 4 is 85.4 Å². The van der Waals surface area contributed by atoms with Gasteiger partial charge in [-0.15, -0.1) is 0 Å². The van der Waals surface area contributed by atoms with Crippen LogP contribution < -0.4 is 16.0 Å². The molecule has 148 valence electrons. The summed E-state index contributed by atoms with van der Waals surface area (Å²) in [5.41, 5.74) is 1.60. The first-order valence-electron chi connectivity index (χ1n) is 7.88. The molecule has 0 aromatic heterocycles. The van der Waals surface area contributed by atoms with Gasteiger partial charge in [0.05, 0.1) is 0 Å². The largest absolute Gasteiger partial charge is 0.339 e. The highest BCUT2D eigenvalue weighted by Gasteiger charge is 2.34. The van der Waals surface area contributed by atoms with Crippen LogP contribution in [0.5, 0.6) is 0 Å². The Morgan fingerprint density at radius 1 is 0.964 bits per heavy atom. The Morgan fingerprint density at radius 3 is 2.00 bits per heavy atom. The number of alkyl halides is 3. The van der Waals surface area contributed by atoms with Crippen LogP contribution in [0.25, 0.3) is 0 Å². The molecule has 0 aliphatic heterocycles. The zero-order valence-corrected chi connectivity index (χ0v) is 19.1. The Morgan fingerprint density at radius 2 is 1.50 bits per heavy atom. The van der Waals surface area contributed by atoms with Crippen LogP contribution >= 0.6 is 63.0 Å². The van der Waals surface area contributed by atoms with Crippen LogP contribution in [0.4, 0.5) is 5.69 Å². The SMILES string of the molecule is CC(=O)c1ccc(NC(=S)N[C@H](NC(=O)c2ccc(Br)cc2)C(Cl)(Cl)Cl)cc1. The maximum Gasteiger partial charge on any atom is 0.252 e. The van der Waals surface area contributed by atoms with Gasteiger partial charge in [0.1, 0.15) is 6.17 Å². The van der Waals surface area contributed by atoms with Crippen LogP contribution in [0.2, 0.25) is 0 Å². The van der Waals surface area contributed by atoms with Crippen molar-refractivity contribution in [3.05, 3.63) is 64.1 Å². The molecule has 0 heterocycles. The van der Waals surface area contributed by atoms with Crippen molar-refractivity contribution in [1.82, 2.24) is 10.6 Å². The average Bonchev–Trinajstić information content (AvgIpc) is 2.61. The van der Waals surface area contributed by atoms with Crippen LogP contribution in [-0.2, 0) is 0 Å². The number of thiocarbonyl (C=S) groups is 1. The topological polar surface area (TPSA) is 70.2 Å². The average molecular weight is 524 g/mol. The Hall–Kier alpha value is -1.38. The number of halogens is 4. The number of anilines is 1. The number of Topliss-reactive ketones (excluding diaryl/α,β-unsaturated/α-hetero) is 1. The molecule has 1 atom stereocenters. The summed E-state index contributed by atoms with van der Waals surface area (Å²) in [7, 11) is 0. The summed E-state index contributed by atoms with van der Waals surface area (Å²) in [6.07, 6.45) is -1.09. The van der Waals surface area contributed by atoms with Gasteiger partial charge in [-0.1, -0.05) is 50.7 Å². The molecule has 5 nitrogen and oxygen atoms in total. The van der Waals surface area contributed by atoms with Gasteiger partial charge in [0.15, 0.2) is 10.9 Å². The maximum atomic E-state index is 12.4. The van der Waals surface area contributed by atoms with E-state index in [1.54, 1.807) is 48.5 Å². The van der Waals surface area contributed by atoms with E-state index < -0.39 is 15.9 Å². The third-order valence-electron chi connectivity index (χ3n) is 3.53. The molecule has 28 heavy (non-hydrogen) atoms. The summed E-state index contributed by atoms with van der Waals surface area (Å²) in [5, 5.41) is 8.41. The van der Waals surface area contributed by atoms with Gasteiger partial charge in [-0.05, 0) is 67.7 Å². The molecule has 0 saturated heterocycles. The minimum atomic E-state index is -1.87. The number of amides is 1. The van der Waals surface area contributed by atoms with E-state index in [9.17, 15) is 9.59 Å². The van der Waals surface area contributed by atoms with E-state index in [4.69, 9.17) is 47.0 Å². The minimum Gasteiger partial charge on any atom is -0.339 e. The number of carbonyl (C=O) groups excluding carboxylic acids is 2. The highest BCUT2D eigenvalue weighted by Crippen LogP contribution is 2.29. The third-order valence-corrected chi connectivity index (χ3v) is 4.94. The quantitative estimate of drug-likeness (QED) is 0.221. The normalized spacial score (nSPS) is 12.0. The number of nitrogens with one attached hydrogen (secondary N) is 3. The molecule has 0 spiro atoms. The fourth-order valence-corrected chi connectivity index (χ4v) is 2.93. The molecule has 10 heteroatoms. The highest BCUT2D eigenvalue weighted by molar-refractivity contribution is 9.10. The summed E-state index contributed by atoms with van der Waals surface area (Å²) in [6.45, 7) is 1.48. The van der Waals surface area contributed by atoms with E-state index in [0.29, 0.717) is 16.8 Å². The molecule has 0 aliphatic carbocycles. The smallest absolute Gasteiger partial charge is 0.252 e. The molecule has 0 bridgehead atoms. The van der Waals surface area contributed by atoms with Gasteiger partial charge >= 0.3 is 0 Å². The molecule has 0 radical (unpaired) electrons. The van der Waals surface area contributed by atoms with Gasteiger partial charge in [-0.3, -0.25) is 9.59 Å². The zero-order valence-electron chi connectivity index (χ0n) is 14.4. The van der Waals surface area contributed by atoms with Crippen LogP contribution in [0, 0.1) is 0 Å². The summed E-state index contributed by atoms with van der Waals surface area (Å²) in [5.74, 6) is -0.482. The van der Waals surface area contributed by atoms with E-state index in [1.807, 2.05) is 0 Å². The summed E-state index contributed by atoms with van der Waals surface area (Å²) < 4.78 is -1.03. The lowest BCUT2D eigenvalue weighted by Crippen LogP contribution is -2.56. The lowest BCUT2D eigenvalue weighted by Gasteiger charge is -2.27. The molecule has 1 amide bonds. The van der Waals surface area contributed by atoms with E-state index in [2.05, 4.69) is 31.9 Å². The molecule has 2 aromatic carbocycles. The molecule has 3 N–H and O–H groups in total. The first-order chi connectivity index (χ1) is 13.1. The van der Waals surface area contributed by atoms with Crippen molar-refractivity contribution in [1.29, 1.82) is 0 Å². The lowest BCUT2D eigenvalue weighted by atomic mass is 10.1. The predicted octanol–water partition coefficient (Wildman–Crippen LogP) is 5.06. The van der Waals surface area contributed by atoms with Gasteiger partial charge in [-0.25, -0.2) is 0 Å². The number of ketones is 1. The highest BCUT2D eigenvalue weighted by atomic mass is 79.9. The Bertz CT molecular complexity index is 871. The van der Waals surface area contributed by atoms with Crippen molar-refractivity contribution in [2.45, 2.75) is 16.9 Å². The minimum absolute atomic E-state index is 0.0424. The van der Waals surface area contributed by atoms with Crippen molar-refractivity contribution in [2.24, 2.45) is 0 Å². The fourth-order valence-electron chi connectivity index (χ4n) is 2.10. The maximum absolute atomic E-state index is 12.4. The Balaban J connectivity index is 2.04. The van der Waals surface area contributed by atoms with Gasteiger partial charge < -0.3 is 16.0 Å². The summed E-state index contributed by atoms with van der Waals surface area (Å²) in [4.78, 5) is 23.7. The first kappa shape index (κ1) is 22.9. The molecule has 2 rings (SSSR count). The van der Waals surface area contributed by atoms with E-state index in [-0.39, 0.29) is 10.9 Å². The zero-order chi connectivity index (χ0) is 20.9. The lowest BCUT2D eigenvalue weighted by molar-refractivity contribution is 0.0933. The molecule has 2 aromatic rings. The van der Waals surface area contributed by atoms with Crippen LogP contribution in [-0.4, -0.2) is 26.8 Å². The number of benzene rings is 2. The second-order valence-corrected chi connectivity index (χ2v) is 9.38. The van der Waals surface area contributed by atoms with Crippen molar-refractivity contribution in [3.63, 3.8) is 0 Å². The van der Waals surface area contributed by atoms with Crippen LogP contribution in [0.3, 0.4) is 0 Å². The van der Waals surface area contributed by atoms with Crippen LogP contribution in [0.15, 0.2) is 53.0 Å². The van der Waals surface area contributed by atoms with Gasteiger partial charge in [0.2, 0.25) is 3.79 Å². The van der Waals surface area contributed by atoms with Gasteiger partial charge in [0.25, 0.3) is 5.91 Å². The van der Waals surface area contributed by atoms with E-state index >= 15 is 0 Å². The molecule has 0 aliphatic rings. The van der Waals surface area contributed by atoms with Gasteiger partial charge in [0, 0.05) is 21.3 Å². The molecule has 0 fully saturated rings.